The molecule has 0 amide bonds. The van der Waals surface area contributed by atoms with Gasteiger partial charge in [0.25, 0.3) is 0 Å². The summed E-state index contributed by atoms with van der Waals surface area (Å²) in [6.07, 6.45) is 1.94. The molecule has 8 nitrogen and oxygen atoms in total. The molecule has 0 aromatic heterocycles. The Morgan fingerprint density at radius 1 is 1.41 bits per heavy atom. The Bertz CT molecular complexity index is 654. The van der Waals surface area contributed by atoms with Gasteiger partial charge in [-0.05, 0) is 51.0 Å². The maximum Gasteiger partial charge on any atom is 0.312 e. The Kier molecular flexibility index (Phi) is 4.99. The average Bonchev–Trinajstić information content (AvgIpc) is 2.45. The van der Waals surface area contributed by atoms with E-state index < -0.39 is 14.9 Å². The van der Waals surface area contributed by atoms with Crippen LogP contribution in [0.1, 0.15) is 12.8 Å². The first kappa shape index (κ1) is 16.7. The van der Waals surface area contributed by atoms with Gasteiger partial charge in [-0.25, -0.2) is 13.6 Å². The van der Waals surface area contributed by atoms with Crippen molar-refractivity contribution in [2.75, 3.05) is 26.7 Å². The molecule has 1 aromatic rings. The summed E-state index contributed by atoms with van der Waals surface area (Å²) in [4.78, 5) is 12.3. The molecule has 2 rings (SSSR count). The number of primary sulfonamides is 1. The standard InChI is InChI=1S/C13H19N3O5S/c1-15-6-4-10(5-7-15)9-21-13-3-2-11(22(14,19)20)8-12(13)16(17)18/h2-3,8,10H,4-7,9H2,1H3,(H2,14,19,20). The van der Waals surface area contributed by atoms with Crippen LogP contribution < -0.4 is 9.88 Å². The van der Waals surface area contributed by atoms with Gasteiger partial charge >= 0.3 is 5.69 Å². The molecule has 0 radical (unpaired) electrons. The Hall–Kier alpha value is -1.71. The van der Waals surface area contributed by atoms with Gasteiger partial charge in [-0.1, -0.05) is 0 Å². The lowest BCUT2D eigenvalue weighted by Gasteiger charge is -2.28. The molecule has 122 valence electrons. The van der Waals surface area contributed by atoms with E-state index in [-0.39, 0.29) is 16.3 Å². The molecule has 0 saturated carbocycles. The molecule has 1 aromatic carbocycles. The Morgan fingerprint density at radius 3 is 2.59 bits per heavy atom. The van der Waals surface area contributed by atoms with E-state index in [1.54, 1.807) is 0 Å². The number of benzene rings is 1. The second kappa shape index (κ2) is 6.59. The number of nitrogens with zero attached hydrogens (tertiary/aromatic N) is 2. The second-order valence-electron chi connectivity index (χ2n) is 5.49. The predicted octanol–water partition coefficient (Wildman–Crippen LogP) is 0.963. The molecule has 1 aliphatic rings. The maximum atomic E-state index is 11.3. The zero-order chi connectivity index (χ0) is 16.3. The van der Waals surface area contributed by atoms with Crippen molar-refractivity contribution in [2.24, 2.45) is 11.1 Å². The van der Waals surface area contributed by atoms with Gasteiger partial charge in [0.1, 0.15) is 0 Å². The molecule has 9 heteroatoms. The van der Waals surface area contributed by atoms with Gasteiger partial charge in [0, 0.05) is 6.07 Å². The number of piperidine rings is 1. The van der Waals surface area contributed by atoms with Gasteiger partial charge in [-0.15, -0.1) is 0 Å². The third kappa shape index (κ3) is 4.15. The van der Waals surface area contributed by atoms with Crippen molar-refractivity contribution in [1.82, 2.24) is 4.90 Å². The summed E-state index contributed by atoms with van der Waals surface area (Å²) in [5.74, 6) is 0.407. The van der Waals surface area contributed by atoms with Crippen LogP contribution in [0.3, 0.4) is 0 Å². The van der Waals surface area contributed by atoms with E-state index in [0.717, 1.165) is 32.0 Å². The van der Waals surface area contributed by atoms with Gasteiger partial charge in [0.15, 0.2) is 5.75 Å². The number of nitrogens with two attached hydrogens (primary N) is 1. The zero-order valence-corrected chi connectivity index (χ0v) is 13.1. The van der Waals surface area contributed by atoms with Crippen LogP contribution in [0.4, 0.5) is 5.69 Å². The van der Waals surface area contributed by atoms with Gasteiger partial charge in [-0.2, -0.15) is 0 Å². The molecular formula is C13H19N3O5S. The van der Waals surface area contributed by atoms with E-state index >= 15 is 0 Å². The quantitative estimate of drug-likeness (QED) is 0.635. The summed E-state index contributed by atoms with van der Waals surface area (Å²) in [5.41, 5.74) is -0.389. The molecule has 1 saturated heterocycles. The number of rotatable bonds is 5. The number of ether oxygens (including phenoxy) is 1. The lowest BCUT2D eigenvalue weighted by Crippen LogP contribution is -2.32. The highest BCUT2D eigenvalue weighted by atomic mass is 32.2. The third-order valence-electron chi connectivity index (χ3n) is 3.77. The van der Waals surface area contributed by atoms with Crippen molar-refractivity contribution in [1.29, 1.82) is 0 Å². The molecule has 22 heavy (non-hydrogen) atoms. The van der Waals surface area contributed by atoms with Crippen LogP contribution in [0, 0.1) is 16.0 Å². The van der Waals surface area contributed by atoms with Gasteiger partial charge in [0.2, 0.25) is 10.0 Å². The molecule has 0 unspecified atom stereocenters. The van der Waals surface area contributed by atoms with E-state index in [1.165, 1.54) is 12.1 Å². The van der Waals surface area contributed by atoms with Crippen LogP contribution in [0.25, 0.3) is 0 Å². The fraction of sp³-hybridized carbons (Fsp3) is 0.538. The largest absolute Gasteiger partial charge is 0.487 e. The van der Waals surface area contributed by atoms with Crippen LogP contribution in [0.5, 0.6) is 5.75 Å². The smallest absolute Gasteiger partial charge is 0.312 e. The van der Waals surface area contributed by atoms with Crippen molar-refractivity contribution in [3.05, 3.63) is 28.3 Å². The number of hydrogen-bond donors (Lipinski definition) is 1. The van der Waals surface area contributed by atoms with Crippen molar-refractivity contribution < 1.29 is 18.1 Å². The molecule has 0 bridgehead atoms. The summed E-state index contributed by atoms with van der Waals surface area (Å²) in [6, 6.07) is 3.43. The Balaban J connectivity index is 2.12. The lowest BCUT2D eigenvalue weighted by atomic mass is 9.98. The topological polar surface area (TPSA) is 116 Å². The first-order chi connectivity index (χ1) is 10.3. The minimum atomic E-state index is -3.98. The van der Waals surface area contributed by atoms with Crippen LogP contribution in [0.15, 0.2) is 23.1 Å². The first-order valence-corrected chi connectivity index (χ1v) is 8.44. The van der Waals surface area contributed by atoms with Crippen molar-refractivity contribution in [3.63, 3.8) is 0 Å². The Morgan fingerprint density at radius 2 is 2.05 bits per heavy atom. The van der Waals surface area contributed by atoms with Crippen LogP contribution in [0.2, 0.25) is 0 Å². The highest BCUT2D eigenvalue weighted by Gasteiger charge is 2.22. The zero-order valence-electron chi connectivity index (χ0n) is 12.3. The number of hydrogen-bond acceptors (Lipinski definition) is 6. The van der Waals surface area contributed by atoms with Crippen molar-refractivity contribution in [3.8, 4) is 5.75 Å². The van der Waals surface area contributed by atoms with E-state index in [0.29, 0.717) is 12.5 Å². The summed E-state index contributed by atoms with van der Waals surface area (Å²) >= 11 is 0. The molecule has 1 heterocycles. The molecule has 1 aliphatic heterocycles. The number of likely N-dealkylation sites (tertiary alicyclic amines) is 1. The van der Waals surface area contributed by atoms with Crippen molar-refractivity contribution >= 4 is 15.7 Å². The molecule has 1 fully saturated rings. The van der Waals surface area contributed by atoms with Gasteiger partial charge in [0.05, 0.1) is 16.4 Å². The summed E-state index contributed by atoms with van der Waals surface area (Å²) < 4.78 is 28.1. The Labute approximate surface area is 129 Å². The number of nitro groups is 1. The molecular weight excluding hydrogens is 310 g/mol. The number of sulfonamides is 1. The lowest BCUT2D eigenvalue weighted by molar-refractivity contribution is -0.386. The van der Waals surface area contributed by atoms with E-state index in [4.69, 9.17) is 9.88 Å². The monoisotopic (exact) mass is 329 g/mol. The van der Waals surface area contributed by atoms with E-state index in [9.17, 15) is 18.5 Å². The molecule has 2 N–H and O–H groups in total. The van der Waals surface area contributed by atoms with Gasteiger partial charge < -0.3 is 9.64 Å². The first-order valence-electron chi connectivity index (χ1n) is 6.90. The highest BCUT2D eigenvalue weighted by Crippen LogP contribution is 2.30. The minimum Gasteiger partial charge on any atom is -0.487 e. The molecule has 0 aliphatic carbocycles. The van der Waals surface area contributed by atoms with Gasteiger partial charge in [-0.3, -0.25) is 10.1 Å². The highest BCUT2D eigenvalue weighted by molar-refractivity contribution is 7.89. The predicted molar refractivity (Wildman–Crippen MR) is 80.2 cm³/mol. The summed E-state index contributed by atoms with van der Waals surface area (Å²) in [6.45, 7) is 2.32. The summed E-state index contributed by atoms with van der Waals surface area (Å²) in [7, 11) is -1.93. The normalized spacial score (nSPS) is 17.4. The third-order valence-corrected chi connectivity index (χ3v) is 4.68. The fourth-order valence-corrected chi connectivity index (χ4v) is 2.91. The number of nitro benzene ring substituents is 1. The fourth-order valence-electron chi connectivity index (χ4n) is 2.38. The van der Waals surface area contributed by atoms with Crippen molar-refractivity contribution in [2.45, 2.75) is 17.7 Å². The van der Waals surface area contributed by atoms with E-state index in [1.807, 2.05) is 7.05 Å². The van der Waals surface area contributed by atoms with E-state index in [2.05, 4.69) is 4.90 Å². The minimum absolute atomic E-state index is 0.0660. The van der Waals surface area contributed by atoms with Crippen LogP contribution >= 0.6 is 0 Å². The average molecular weight is 329 g/mol. The van der Waals surface area contributed by atoms with Crippen LogP contribution in [-0.2, 0) is 10.0 Å². The molecule has 0 spiro atoms. The second-order valence-corrected chi connectivity index (χ2v) is 7.05. The SMILES string of the molecule is CN1CCC(COc2ccc(S(N)(=O)=O)cc2[N+](=O)[O-])CC1. The maximum absolute atomic E-state index is 11.3. The summed E-state index contributed by atoms with van der Waals surface area (Å²) in [5, 5.41) is 16.1. The van der Waals surface area contributed by atoms with Crippen LogP contribution in [-0.4, -0.2) is 45.0 Å². The molecule has 0 atom stereocenters.